The number of aliphatic hydroxyl groups is 1. The first kappa shape index (κ1) is 12.9. The van der Waals surface area contributed by atoms with Crippen LogP contribution < -0.4 is 0 Å². The normalized spacial score (nSPS) is 12.2. The lowest BCUT2D eigenvalue weighted by molar-refractivity contribution is -0.146. The highest BCUT2D eigenvalue weighted by Crippen LogP contribution is 2.23. The number of aliphatic hydroxyl groups excluding tert-OH is 1. The Kier molecular flexibility index (Phi) is 4.20. The van der Waals surface area contributed by atoms with E-state index >= 15 is 0 Å². The van der Waals surface area contributed by atoms with Crippen LogP contribution in [0.1, 0.15) is 24.2 Å². The molecule has 0 saturated heterocycles. The minimum atomic E-state index is -1.56. The Morgan fingerprint density at radius 3 is 2.56 bits per heavy atom. The van der Waals surface area contributed by atoms with Crippen molar-refractivity contribution < 1.29 is 19.8 Å². The number of carbonyl (C=O) groups excluding carboxylic acids is 1. The Morgan fingerprint density at radius 1 is 1.44 bits per heavy atom. The zero-order chi connectivity index (χ0) is 12.3. The van der Waals surface area contributed by atoms with Gasteiger partial charge >= 0.3 is 5.97 Å². The molecule has 0 aliphatic heterocycles. The van der Waals surface area contributed by atoms with Gasteiger partial charge in [0.15, 0.2) is 6.10 Å². The fourth-order valence-electron chi connectivity index (χ4n) is 1.31. The van der Waals surface area contributed by atoms with E-state index in [1.807, 2.05) is 0 Å². The van der Waals surface area contributed by atoms with Gasteiger partial charge < -0.3 is 10.2 Å². The van der Waals surface area contributed by atoms with Crippen LogP contribution in [-0.2, 0) is 16.0 Å². The van der Waals surface area contributed by atoms with Gasteiger partial charge in [-0.05, 0) is 24.1 Å². The molecule has 2 N–H and O–H groups in total. The molecule has 1 atom stereocenters. The molecule has 0 aliphatic rings. The van der Waals surface area contributed by atoms with Gasteiger partial charge in [-0.2, -0.15) is 0 Å². The number of hydrogen-bond acceptors (Lipinski definition) is 3. The van der Waals surface area contributed by atoms with Crippen molar-refractivity contribution in [2.45, 2.75) is 19.4 Å². The van der Waals surface area contributed by atoms with E-state index in [1.165, 1.54) is 19.1 Å². The summed E-state index contributed by atoms with van der Waals surface area (Å²) in [6.07, 6.45) is -1.35. The maximum Gasteiger partial charge on any atom is 0.337 e. The molecule has 1 unspecified atom stereocenters. The topological polar surface area (TPSA) is 74.6 Å². The van der Waals surface area contributed by atoms with Gasteiger partial charge in [0.1, 0.15) is 5.78 Å². The van der Waals surface area contributed by atoms with Gasteiger partial charge in [-0.1, -0.05) is 28.1 Å². The molecule has 0 radical (unpaired) electrons. The molecular formula is C11H11BrO4. The second-order valence-corrected chi connectivity index (χ2v) is 4.32. The fourth-order valence-corrected chi connectivity index (χ4v) is 1.70. The third-order valence-electron chi connectivity index (χ3n) is 2.06. The highest BCUT2D eigenvalue weighted by molar-refractivity contribution is 9.10. The second-order valence-electron chi connectivity index (χ2n) is 3.47. The van der Waals surface area contributed by atoms with E-state index in [9.17, 15) is 14.7 Å². The van der Waals surface area contributed by atoms with Gasteiger partial charge in [-0.15, -0.1) is 0 Å². The summed E-state index contributed by atoms with van der Waals surface area (Å²) in [5.74, 6) is -1.33. The Bertz CT molecular complexity index is 428. The first-order chi connectivity index (χ1) is 7.41. The predicted molar refractivity (Wildman–Crippen MR) is 61.1 cm³/mol. The molecule has 5 heteroatoms. The summed E-state index contributed by atoms with van der Waals surface area (Å²) in [5.41, 5.74) is 0.942. The SMILES string of the molecule is CC(=O)Cc1cc(C(O)C(=O)O)ccc1Br. The monoisotopic (exact) mass is 286 g/mol. The van der Waals surface area contributed by atoms with Crippen LogP contribution in [0.5, 0.6) is 0 Å². The summed E-state index contributed by atoms with van der Waals surface area (Å²) >= 11 is 3.26. The van der Waals surface area contributed by atoms with Gasteiger partial charge in [0, 0.05) is 10.9 Å². The summed E-state index contributed by atoms with van der Waals surface area (Å²) in [5, 5.41) is 18.0. The van der Waals surface area contributed by atoms with Crippen LogP contribution >= 0.6 is 15.9 Å². The number of carboxylic acids is 1. The predicted octanol–water partition coefficient (Wildman–Crippen LogP) is 1.70. The Balaban J connectivity index is 3.06. The standard InChI is InChI=1S/C11H11BrO4/c1-6(13)4-8-5-7(2-3-9(8)12)10(14)11(15)16/h2-3,5,10,14H,4H2,1H3,(H,15,16). The van der Waals surface area contributed by atoms with E-state index in [2.05, 4.69) is 15.9 Å². The zero-order valence-corrected chi connectivity index (χ0v) is 10.2. The molecule has 0 saturated carbocycles. The first-order valence-electron chi connectivity index (χ1n) is 4.60. The Hall–Kier alpha value is -1.20. The molecule has 1 aromatic carbocycles. The lowest BCUT2D eigenvalue weighted by Crippen LogP contribution is -2.11. The van der Waals surface area contributed by atoms with Gasteiger partial charge in [0.25, 0.3) is 0 Å². The molecule has 1 rings (SSSR count). The van der Waals surface area contributed by atoms with Crippen LogP contribution in [0, 0.1) is 0 Å². The molecule has 0 heterocycles. The number of hydrogen-bond donors (Lipinski definition) is 2. The molecule has 0 aliphatic carbocycles. The maximum absolute atomic E-state index is 11.0. The number of Topliss-reactive ketones (excluding diaryl/α,β-unsaturated/α-hetero) is 1. The molecule has 86 valence electrons. The van der Waals surface area contributed by atoms with Crippen LogP contribution in [0.15, 0.2) is 22.7 Å². The summed E-state index contributed by atoms with van der Waals surface area (Å²) in [4.78, 5) is 21.6. The van der Waals surface area contributed by atoms with Crippen molar-refractivity contribution in [3.63, 3.8) is 0 Å². The molecule has 0 fully saturated rings. The smallest absolute Gasteiger partial charge is 0.337 e. The third kappa shape index (κ3) is 3.15. The van der Waals surface area contributed by atoms with Gasteiger partial charge in [-0.3, -0.25) is 4.79 Å². The molecule has 0 aromatic heterocycles. The van der Waals surface area contributed by atoms with Crippen LogP contribution in [0.2, 0.25) is 0 Å². The molecule has 0 amide bonds. The van der Waals surface area contributed by atoms with Crippen molar-refractivity contribution in [2.24, 2.45) is 0 Å². The van der Waals surface area contributed by atoms with Crippen LogP contribution in [0.4, 0.5) is 0 Å². The third-order valence-corrected chi connectivity index (χ3v) is 2.83. The molecule has 4 nitrogen and oxygen atoms in total. The molecule has 0 bridgehead atoms. The summed E-state index contributed by atoms with van der Waals surface area (Å²) in [7, 11) is 0. The Labute approximate surface area is 101 Å². The van der Waals surface area contributed by atoms with Crippen molar-refractivity contribution in [3.05, 3.63) is 33.8 Å². The van der Waals surface area contributed by atoms with Crippen LogP contribution in [0.3, 0.4) is 0 Å². The quantitative estimate of drug-likeness (QED) is 0.883. The molecule has 16 heavy (non-hydrogen) atoms. The Morgan fingerprint density at radius 2 is 2.06 bits per heavy atom. The van der Waals surface area contributed by atoms with Crippen molar-refractivity contribution >= 4 is 27.7 Å². The van der Waals surface area contributed by atoms with Crippen LogP contribution in [0.25, 0.3) is 0 Å². The minimum absolute atomic E-state index is 0.0253. The first-order valence-corrected chi connectivity index (χ1v) is 5.39. The number of ketones is 1. The number of benzene rings is 1. The minimum Gasteiger partial charge on any atom is -0.479 e. The van der Waals surface area contributed by atoms with Gasteiger partial charge in [0.05, 0.1) is 0 Å². The van der Waals surface area contributed by atoms with Crippen molar-refractivity contribution in [3.8, 4) is 0 Å². The number of carbonyl (C=O) groups is 2. The van der Waals surface area contributed by atoms with Crippen LogP contribution in [-0.4, -0.2) is 22.0 Å². The van der Waals surface area contributed by atoms with Gasteiger partial charge in [-0.25, -0.2) is 4.79 Å². The van der Waals surface area contributed by atoms with Crippen molar-refractivity contribution in [2.75, 3.05) is 0 Å². The lowest BCUT2D eigenvalue weighted by Gasteiger charge is -2.09. The number of rotatable bonds is 4. The van der Waals surface area contributed by atoms with E-state index < -0.39 is 12.1 Å². The van der Waals surface area contributed by atoms with Crippen molar-refractivity contribution in [1.82, 2.24) is 0 Å². The highest BCUT2D eigenvalue weighted by Gasteiger charge is 2.17. The number of carboxylic acid groups (broad SMARTS) is 1. The maximum atomic E-state index is 11.0. The molecule has 1 aromatic rings. The van der Waals surface area contributed by atoms with Crippen molar-refractivity contribution in [1.29, 1.82) is 0 Å². The zero-order valence-electron chi connectivity index (χ0n) is 8.61. The van der Waals surface area contributed by atoms with E-state index in [4.69, 9.17) is 5.11 Å². The average molecular weight is 287 g/mol. The summed E-state index contributed by atoms with van der Waals surface area (Å²) in [6, 6.07) is 4.65. The lowest BCUT2D eigenvalue weighted by atomic mass is 10.0. The summed E-state index contributed by atoms with van der Waals surface area (Å²) in [6.45, 7) is 1.45. The second kappa shape index (κ2) is 5.23. The number of aliphatic carboxylic acids is 1. The fraction of sp³-hybridized carbons (Fsp3) is 0.273. The summed E-state index contributed by atoms with van der Waals surface area (Å²) < 4.78 is 0.726. The van der Waals surface area contributed by atoms with E-state index in [0.717, 1.165) is 4.47 Å². The van der Waals surface area contributed by atoms with E-state index in [-0.39, 0.29) is 17.8 Å². The number of halogens is 1. The highest BCUT2D eigenvalue weighted by atomic mass is 79.9. The van der Waals surface area contributed by atoms with Gasteiger partial charge in [0.2, 0.25) is 0 Å². The molecule has 0 spiro atoms. The van der Waals surface area contributed by atoms with E-state index in [1.54, 1.807) is 6.07 Å². The largest absolute Gasteiger partial charge is 0.479 e. The van der Waals surface area contributed by atoms with E-state index in [0.29, 0.717) is 5.56 Å². The average Bonchev–Trinajstić information content (AvgIpc) is 2.19. The molecular weight excluding hydrogens is 276 g/mol.